The van der Waals surface area contributed by atoms with Crippen LogP contribution in [0.5, 0.6) is 0 Å². The zero-order valence-corrected chi connectivity index (χ0v) is 9.98. The van der Waals surface area contributed by atoms with Crippen LogP contribution in [0.25, 0.3) is 0 Å². The molecule has 2 amide bonds. The molecular formula is C12H18N2O3. The third-order valence-corrected chi connectivity index (χ3v) is 3.63. The molecule has 0 radical (unpaired) electrons. The van der Waals surface area contributed by atoms with Crippen molar-refractivity contribution in [3.8, 4) is 0 Å². The molecule has 0 aliphatic carbocycles. The lowest BCUT2D eigenvalue weighted by Gasteiger charge is -2.23. The van der Waals surface area contributed by atoms with Gasteiger partial charge in [-0.2, -0.15) is 0 Å². The average Bonchev–Trinajstić information content (AvgIpc) is 2.82. The SMILES string of the molecule is C=C(C)CNC(=O)N1C2CCC1C(C(=O)O)C2. The average molecular weight is 238 g/mol. The van der Waals surface area contributed by atoms with E-state index in [1.54, 1.807) is 4.90 Å². The van der Waals surface area contributed by atoms with E-state index >= 15 is 0 Å². The Morgan fingerprint density at radius 3 is 2.71 bits per heavy atom. The van der Waals surface area contributed by atoms with Gasteiger partial charge in [-0.3, -0.25) is 4.79 Å². The zero-order valence-electron chi connectivity index (χ0n) is 9.98. The van der Waals surface area contributed by atoms with Crippen molar-refractivity contribution in [3.05, 3.63) is 12.2 Å². The Bertz CT molecular complexity index is 367. The smallest absolute Gasteiger partial charge is 0.318 e. The van der Waals surface area contributed by atoms with Crippen LogP contribution in [-0.2, 0) is 4.79 Å². The lowest BCUT2D eigenvalue weighted by Crippen LogP contribution is -2.44. The number of aliphatic carboxylic acids is 1. The number of carboxylic acids is 1. The Kier molecular flexibility index (Phi) is 3.09. The molecule has 2 N–H and O–H groups in total. The van der Waals surface area contributed by atoms with Gasteiger partial charge in [-0.05, 0) is 26.2 Å². The number of nitrogens with one attached hydrogen (secondary N) is 1. The van der Waals surface area contributed by atoms with Crippen molar-refractivity contribution in [2.24, 2.45) is 5.92 Å². The molecule has 3 atom stereocenters. The maximum absolute atomic E-state index is 12.0. The summed E-state index contributed by atoms with van der Waals surface area (Å²) < 4.78 is 0. The van der Waals surface area contributed by atoms with Crippen LogP contribution in [0.3, 0.4) is 0 Å². The molecule has 0 aromatic heterocycles. The fraction of sp³-hybridized carbons (Fsp3) is 0.667. The quantitative estimate of drug-likeness (QED) is 0.726. The molecule has 94 valence electrons. The van der Waals surface area contributed by atoms with Crippen LogP contribution < -0.4 is 5.32 Å². The highest BCUT2D eigenvalue weighted by Gasteiger charge is 2.51. The van der Waals surface area contributed by atoms with E-state index in [2.05, 4.69) is 11.9 Å². The summed E-state index contributed by atoms with van der Waals surface area (Å²) >= 11 is 0. The van der Waals surface area contributed by atoms with Gasteiger partial charge in [0.25, 0.3) is 0 Å². The number of fused-ring (bicyclic) bond motifs is 2. The highest BCUT2D eigenvalue weighted by Crippen LogP contribution is 2.41. The van der Waals surface area contributed by atoms with Gasteiger partial charge in [0.2, 0.25) is 0 Å². The van der Waals surface area contributed by atoms with E-state index in [0.717, 1.165) is 18.4 Å². The van der Waals surface area contributed by atoms with E-state index in [9.17, 15) is 9.59 Å². The summed E-state index contributed by atoms with van der Waals surface area (Å²) in [6, 6.07) is -0.168. The summed E-state index contributed by atoms with van der Waals surface area (Å²) in [5, 5.41) is 11.9. The van der Waals surface area contributed by atoms with Crippen molar-refractivity contribution in [2.75, 3.05) is 6.54 Å². The minimum absolute atomic E-state index is 0.103. The van der Waals surface area contributed by atoms with Crippen LogP contribution in [0.4, 0.5) is 4.79 Å². The van der Waals surface area contributed by atoms with Gasteiger partial charge in [0.05, 0.1) is 5.92 Å². The molecule has 17 heavy (non-hydrogen) atoms. The molecule has 2 rings (SSSR count). The summed E-state index contributed by atoms with van der Waals surface area (Å²) in [6.45, 7) is 6.02. The standard InChI is InChI=1S/C12H18N2O3/c1-7(2)6-13-12(17)14-8-3-4-10(14)9(5-8)11(15)16/h8-10H,1,3-6H2,2H3,(H,13,17)(H,15,16). The third-order valence-electron chi connectivity index (χ3n) is 3.63. The molecule has 5 heteroatoms. The van der Waals surface area contributed by atoms with Crippen LogP contribution >= 0.6 is 0 Å². The number of nitrogens with zero attached hydrogens (tertiary/aromatic N) is 1. The van der Waals surface area contributed by atoms with Crippen LogP contribution in [0.1, 0.15) is 26.2 Å². The summed E-state index contributed by atoms with van der Waals surface area (Å²) in [5.41, 5.74) is 0.889. The van der Waals surface area contributed by atoms with Crippen LogP contribution in [-0.4, -0.2) is 40.6 Å². The molecule has 0 aromatic carbocycles. The predicted molar refractivity (Wildman–Crippen MR) is 62.6 cm³/mol. The van der Waals surface area contributed by atoms with E-state index in [4.69, 9.17) is 5.11 Å². The molecule has 0 saturated carbocycles. The van der Waals surface area contributed by atoms with Crippen molar-refractivity contribution in [2.45, 2.75) is 38.3 Å². The van der Waals surface area contributed by atoms with Crippen LogP contribution in [0.2, 0.25) is 0 Å². The first-order chi connectivity index (χ1) is 8.00. The number of urea groups is 1. The van der Waals surface area contributed by atoms with E-state index in [1.165, 1.54) is 0 Å². The first-order valence-corrected chi connectivity index (χ1v) is 5.94. The van der Waals surface area contributed by atoms with E-state index in [-0.39, 0.29) is 24.0 Å². The van der Waals surface area contributed by atoms with Crippen LogP contribution in [0.15, 0.2) is 12.2 Å². The minimum Gasteiger partial charge on any atom is -0.481 e. The number of hydrogen-bond acceptors (Lipinski definition) is 2. The number of rotatable bonds is 3. The fourth-order valence-corrected chi connectivity index (χ4v) is 2.89. The number of carbonyl (C=O) groups excluding carboxylic acids is 1. The summed E-state index contributed by atoms with van der Waals surface area (Å²) in [4.78, 5) is 24.7. The summed E-state index contributed by atoms with van der Waals surface area (Å²) in [7, 11) is 0. The van der Waals surface area contributed by atoms with Gasteiger partial charge in [0.15, 0.2) is 0 Å². The molecule has 2 heterocycles. The normalized spacial score (nSPS) is 30.4. The summed E-state index contributed by atoms with van der Waals surface area (Å²) in [6.07, 6.45) is 2.33. The van der Waals surface area contributed by atoms with Gasteiger partial charge in [-0.15, -0.1) is 0 Å². The van der Waals surface area contributed by atoms with Crippen molar-refractivity contribution in [1.29, 1.82) is 0 Å². The van der Waals surface area contributed by atoms with Crippen molar-refractivity contribution < 1.29 is 14.7 Å². The minimum atomic E-state index is -0.782. The zero-order chi connectivity index (χ0) is 12.6. The molecule has 0 spiro atoms. The lowest BCUT2D eigenvalue weighted by molar-refractivity contribution is -0.142. The molecule has 2 bridgehead atoms. The third kappa shape index (κ3) is 2.14. The van der Waals surface area contributed by atoms with E-state index in [0.29, 0.717) is 13.0 Å². The second kappa shape index (κ2) is 4.39. The molecular weight excluding hydrogens is 220 g/mol. The first kappa shape index (κ1) is 12.0. The van der Waals surface area contributed by atoms with Crippen LogP contribution in [0, 0.1) is 5.92 Å². The maximum Gasteiger partial charge on any atom is 0.318 e. The Morgan fingerprint density at radius 1 is 1.47 bits per heavy atom. The van der Waals surface area contributed by atoms with Gasteiger partial charge < -0.3 is 15.3 Å². The first-order valence-electron chi connectivity index (χ1n) is 5.94. The van der Waals surface area contributed by atoms with E-state index < -0.39 is 5.97 Å². The fourth-order valence-electron chi connectivity index (χ4n) is 2.89. The molecule has 2 aliphatic rings. The molecule has 5 nitrogen and oxygen atoms in total. The number of carbonyl (C=O) groups is 2. The Hall–Kier alpha value is -1.52. The van der Waals surface area contributed by atoms with E-state index in [1.807, 2.05) is 6.92 Å². The molecule has 2 saturated heterocycles. The maximum atomic E-state index is 12.0. The van der Waals surface area contributed by atoms with Gasteiger partial charge in [-0.25, -0.2) is 4.79 Å². The van der Waals surface area contributed by atoms with Crippen molar-refractivity contribution in [1.82, 2.24) is 10.2 Å². The predicted octanol–water partition coefficient (Wildman–Crippen LogP) is 1.21. The largest absolute Gasteiger partial charge is 0.481 e. The van der Waals surface area contributed by atoms with Gasteiger partial charge in [-0.1, -0.05) is 12.2 Å². The number of carboxylic acid groups (broad SMARTS) is 1. The highest BCUT2D eigenvalue weighted by atomic mass is 16.4. The molecule has 2 aliphatic heterocycles. The van der Waals surface area contributed by atoms with Gasteiger partial charge in [0.1, 0.15) is 0 Å². The Balaban J connectivity index is 2.00. The molecule has 0 aromatic rings. The Labute approximate surface area is 100 Å². The van der Waals surface area contributed by atoms with Crippen molar-refractivity contribution in [3.63, 3.8) is 0 Å². The topological polar surface area (TPSA) is 69.6 Å². The second-order valence-electron chi connectivity index (χ2n) is 5.00. The highest BCUT2D eigenvalue weighted by molar-refractivity contribution is 5.79. The van der Waals surface area contributed by atoms with Gasteiger partial charge >= 0.3 is 12.0 Å². The monoisotopic (exact) mass is 238 g/mol. The number of amides is 2. The number of hydrogen-bond donors (Lipinski definition) is 2. The molecule has 3 unspecified atom stereocenters. The summed E-state index contributed by atoms with van der Waals surface area (Å²) in [5.74, 6) is -1.17. The van der Waals surface area contributed by atoms with Gasteiger partial charge in [0, 0.05) is 18.6 Å². The second-order valence-corrected chi connectivity index (χ2v) is 5.00. The molecule has 2 fully saturated rings. The van der Waals surface area contributed by atoms with Crippen molar-refractivity contribution >= 4 is 12.0 Å². The Morgan fingerprint density at radius 2 is 2.18 bits per heavy atom. The lowest BCUT2D eigenvalue weighted by atomic mass is 9.89.